The molecule has 0 unspecified atom stereocenters. The maximum atomic E-state index is 12.2. The van der Waals surface area contributed by atoms with Crippen molar-refractivity contribution in [3.05, 3.63) is 60.0 Å². The van der Waals surface area contributed by atoms with E-state index in [1.54, 1.807) is 30.3 Å². The molecule has 0 aliphatic carbocycles. The Morgan fingerprint density at radius 2 is 1.81 bits per heavy atom. The number of hydrogen-bond acceptors (Lipinski definition) is 5. The van der Waals surface area contributed by atoms with Crippen molar-refractivity contribution in [2.75, 3.05) is 5.73 Å². The smallest absolute Gasteiger partial charge is 0.210 e. The van der Waals surface area contributed by atoms with E-state index in [-0.39, 0.29) is 17.4 Å². The van der Waals surface area contributed by atoms with Gasteiger partial charge in [-0.05, 0) is 17.7 Å². The molecule has 2 aromatic carbocycles. The van der Waals surface area contributed by atoms with Crippen LogP contribution in [0, 0.1) is 0 Å². The molecule has 6 heteroatoms. The van der Waals surface area contributed by atoms with E-state index in [2.05, 4.69) is 4.98 Å². The van der Waals surface area contributed by atoms with Gasteiger partial charge in [-0.1, -0.05) is 30.3 Å². The van der Waals surface area contributed by atoms with Crippen molar-refractivity contribution in [2.24, 2.45) is 0 Å². The summed E-state index contributed by atoms with van der Waals surface area (Å²) in [5, 5.41) is 0. The standard InChI is InChI=1S/C15H14N2O3S/c16-12-6-7-13-14(8-12)20-15(17-13)10-21(18,19)9-11-4-2-1-3-5-11/h1-8H,9-10,16H2. The Hall–Kier alpha value is -2.34. The Morgan fingerprint density at radius 1 is 1.05 bits per heavy atom. The normalized spacial score (nSPS) is 11.8. The highest BCUT2D eigenvalue weighted by Gasteiger charge is 2.17. The zero-order chi connectivity index (χ0) is 14.9. The molecule has 0 fully saturated rings. The topological polar surface area (TPSA) is 86.2 Å². The van der Waals surface area contributed by atoms with Crippen molar-refractivity contribution in [2.45, 2.75) is 11.5 Å². The van der Waals surface area contributed by atoms with Crippen LogP contribution in [0.5, 0.6) is 0 Å². The summed E-state index contributed by atoms with van der Waals surface area (Å²) < 4.78 is 29.8. The Balaban J connectivity index is 1.83. The van der Waals surface area contributed by atoms with Gasteiger partial charge >= 0.3 is 0 Å². The zero-order valence-corrected chi connectivity index (χ0v) is 12.0. The Bertz CT molecular complexity index is 870. The third-order valence-corrected chi connectivity index (χ3v) is 4.49. The highest BCUT2D eigenvalue weighted by atomic mass is 32.2. The van der Waals surface area contributed by atoms with Crippen LogP contribution < -0.4 is 5.73 Å². The van der Waals surface area contributed by atoms with E-state index in [9.17, 15) is 8.42 Å². The van der Waals surface area contributed by atoms with Crippen LogP contribution in [-0.4, -0.2) is 13.4 Å². The minimum absolute atomic E-state index is 0.0330. The van der Waals surface area contributed by atoms with Gasteiger partial charge in [0.25, 0.3) is 0 Å². The van der Waals surface area contributed by atoms with Crippen LogP contribution in [0.2, 0.25) is 0 Å². The lowest BCUT2D eigenvalue weighted by atomic mass is 10.2. The second-order valence-electron chi connectivity index (χ2n) is 4.85. The van der Waals surface area contributed by atoms with Gasteiger partial charge in [-0.3, -0.25) is 0 Å². The molecule has 21 heavy (non-hydrogen) atoms. The number of anilines is 1. The Labute approximate surface area is 122 Å². The van der Waals surface area contributed by atoms with Crippen LogP contribution in [0.15, 0.2) is 52.9 Å². The first-order valence-electron chi connectivity index (χ1n) is 6.41. The van der Waals surface area contributed by atoms with Crippen molar-refractivity contribution in [1.82, 2.24) is 4.98 Å². The number of nitrogen functional groups attached to an aromatic ring is 1. The summed E-state index contributed by atoms with van der Waals surface area (Å²) in [6, 6.07) is 14.1. The molecule has 0 aliphatic rings. The third-order valence-electron chi connectivity index (χ3n) is 3.03. The first kappa shape index (κ1) is 13.6. The molecule has 2 N–H and O–H groups in total. The molecule has 5 nitrogen and oxygen atoms in total. The Morgan fingerprint density at radius 3 is 2.57 bits per heavy atom. The van der Waals surface area contributed by atoms with Gasteiger partial charge in [0.05, 0.1) is 5.75 Å². The van der Waals surface area contributed by atoms with Gasteiger partial charge in [-0.2, -0.15) is 0 Å². The minimum atomic E-state index is -3.33. The predicted molar refractivity (Wildman–Crippen MR) is 81.2 cm³/mol. The van der Waals surface area contributed by atoms with E-state index >= 15 is 0 Å². The van der Waals surface area contributed by atoms with Gasteiger partial charge in [-0.25, -0.2) is 13.4 Å². The summed E-state index contributed by atoms with van der Waals surface area (Å²) in [5.41, 5.74) is 8.06. The van der Waals surface area contributed by atoms with Crippen LogP contribution in [0.25, 0.3) is 11.1 Å². The number of sulfone groups is 1. The second kappa shape index (κ2) is 5.21. The fourth-order valence-corrected chi connectivity index (χ4v) is 3.42. The van der Waals surface area contributed by atoms with Crippen molar-refractivity contribution in [1.29, 1.82) is 0 Å². The van der Waals surface area contributed by atoms with Gasteiger partial charge < -0.3 is 10.2 Å². The fraction of sp³-hybridized carbons (Fsp3) is 0.133. The summed E-state index contributed by atoms with van der Waals surface area (Å²) >= 11 is 0. The lowest BCUT2D eigenvalue weighted by Gasteiger charge is -2.01. The van der Waals surface area contributed by atoms with Gasteiger partial charge in [0.15, 0.2) is 15.4 Å². The maximum Gasteiger partial charge on any atom is 0.210 e. The maximum absolute atomic E-state index is 12.2. The molecular weight excluding hydrogens is 288 g/mol. The lowest BCUT2D eigenvalue weighted by Crippen LogP contribution is -2.07. The number of benzene rings is 2. The predicted octanol–water partition coefficient (Wildman–Crippen LogP) is 2.53. The highest BCUT2D eigenvalue weighted by molar-refractivity contribution is 7.89. The summed E-state index contributed by atoms with van der Waals surface area (Å²) in [7, 11) is -3.33. The molecule has 108 valence electrons. The fourth-order valence-electron chi connectivity index (χ4n) is 2.12. The van der Waals surface area contributed by atoms with E-state index in [0.29, 0.717) is 16.8 Å². The van der Waals surface area contributed by atoms with Crippen molar-refractivity contribution in [3.63, 3.8) is 0 Å². The van der Waals surface area contributed by atoms with E-state index in [4.69, 9.17) is 10.2 Å². The number of aromatic nitrogens is 1. The summed E-state index contributed by atoms with van der Waals surface area (Å²) in [6.45, 7) is 0. The SMILES string of the molecule is Nc1ccc2nc(CS(=O)(=O)Cc3ccccc3)oc2c1. The number of nitrogens with zero attached hydrogens (tertiary/aromatic N) is 1. The molecule has 0 spiro atoms. The quantitative estimate of drug-likeness (QED) is 0.748. The van der Waals surface area contributed by atoms with Gasteiger partial charge in [0.2, 0.25) is 5.89 Å². The molecule has 0 saturated carbocycles. The van der Waals surface area contributed by atoms with E-state index in [1.807, 2.05) is 18.2 Å². The number of oxazole rings is 1. The van der Waals surface area contributed by atoms with Gasteiger partial charge in [-0.15, -0.1) is 0 Å². The monoisotopic (exact) mass is 302 g/mol. The van der Waals surface area contributed by atoms with Crippen LogP contribution in [0.3, 0.4) is 0 Å². The average molecular weight is 302 g/mol. The number of hydrogen-bond donors (Lipinski definition) is 1. The lowest BCUT2D eigenvalue weighted by molar-refractivity contribution is 0.540. The highest BCUT2D eigenvalue weighted by Crippen LogP contribution is 2.20. The average Bonchev–Trinajstić information content (AvgIpc) is 2.79. The molecule has 1 aromatic heterocycles. The van der Waals surface area contributed by atoms with E-state index < -0.39 is 9.84 Å². The molecule has 3 rings (SSSR count). The van der Waals surface area contributed by atoms with Crippen molar-refractivity contribution in [3.8, 4) is 0 Å². The second-order valence-corrected chi connectivity index (χ2v) is 6.92. The number of rotatable bonds is 4. The molecule has 1 heterocycles. The van der Waals surface area contributed by atoms with Crippen LogP contribution >= 0.6 is 0 Å². The van der Waals surface area contributed by atoms with Gasteiger partial charge in [0.1, 0.15) is 11.3 Å². The van der Waals surface area contributed by atoms with Crippen molar-refractivity contribution >= 4 is 26.6 Å². The van der Waals surface area contributed by atoms with E-state index in [0.717, 1.165) is 5.56 Å². The third kappa shape index (κ3) is 3.22. The molecule has 3 aromatic rings. The van der Waals surface area contributed by atoms with Crippen molar-refractivity contribution < 1.29 is 12.8 Å². The zero-order valence-electron chi connectivity index (χ0n) is 11.2. The van der Waals surface area contributed by atoms with Crippen LogP contribution in [-0.2, 0) is 21.3 Å². The number of nitrogens with two attached hydrogens (primary N) is 1. The molecule has 0 atom stereocenters. The van der Waals surface area contributed by atoms with E-state index in [1.165, 1.54) is 0 Å². The molecular formula is C15H14N2O3S. The summed E-state index contributed by atoms with van der Waals surface area (Å²) in [6.07, 6.45) is 0. The summed E-state index contributed by atoms with van der Waals surface area (Å²) in [4.78, 5) is 4.18. The van der Waals surface area contributed by atoms with Crippen LogP contribution in [0.1, 0.15) is 11.5 Å². The first-order valence-corrected chi connectivity index (χ1v) is 8.23. The molecule has 0 amide bonds. The molecule has 0 bridgehead atoms. The Kier molecular flexibility index (Phi) is 3.39. The molecule has 0 aliphatic heterocycles. The number of fused-ring (bicyclic) bond motifs is 1. The largest absolute Gasteiger partial charge is 0.440 e. The van der Waals surface area contributed by atoms with Crippen LogP contribution in [0.4, 0.5) is 5.69 Å². The first-order chi connectivity index (χ1) is 10.0. The molecule has 0 radical (unpaired) electrons. The summed E-state index contributed by atoms with van der Waals surface area (Å²) in [5.74, 6) is -0.0721. The van der Waals surface area contributed by atoms with Gasteiger partial charge in [0, 0.05) is 11.8 Å². The minimum Gasteiger partial charge on any atom is -0.440 e. The molecule has 0 saturated heterocycles.